The summed E-state index contributed by atoms with van der Waals surface area (Å²) in [6.07, 6.45) is -0.120. The highest BCUT2D eigenvalue weighted by atomic mass is 32.1. The van der Waals surface area contributed by atoms with Gasteiger partial charge in [0.05, 0.1) is 26.0 Å². The predicted octanol–water partition coefficient (Wildman–Crippen LogP) is 3.01. The van der Waals surface area contributed by atoms with Crippen molar-refractivity contribution in [2.45, 2.75) is 12.5 Å². The summed E-state index contributed by atoms with van der Waals surface area (Å²) < 4.78 is 10.4. The van der Waals surface area contributed by atoms with Crippen molar-refractivity contribution in [2.75, 3.05) is 26.1 Å². The van der Waals surface area contributed by atoms with Crippen molar-refractivity contribution >= 4 is 23.1 Å². The van der Waals surface area contributed by atoms with E-state index in [-0.39, 0.29) is 6.03 Å². The molecule has 0 aliphatic heterocycles. The molecule has 0 unspecified atom stereocenters. The molecule has 1 aromatic heterocycles. The van der Waals surface area contributed by atoms with Crippen LogP contribution in [-0.2, 0) is 0 Å². The standard InChI is InChI=1S/C16H20N2O4S/c1-21-13-6-3-5-11(15(13)22-2)18-16(20)17-9-8-12(19)14-7-4-10-23-14/h3-7,10,12,19H,8-9H2,1-2H3,(H2,17,18,20)/t12-/m0/s1. The third-order valence-electron chi connectivity index (χ3n) is 3.23. The summed E-state index contributed by atoms with van der Waals surface area (Å²) in [5.74, 6) is 1.00. The molecule has 0 spiro atoms. The Hall–Kier alpha value is -2.25. The first-order chi connectivity index (χ1) is 11.2. The summed E-state index contributed by atoms with van der Waals surface area (Å²) >= 11 is 1.49. The Bertz CT molecular complexity index is 631. The third kappa shape index (κ3) is 4.61. The molecule has 23 heavy (non-hydrogen) atoms. The van der Waals surface area contributed by atoms with E-state index in [9.17, 15) is 9.90 Å². The summed E-state index contributed by atoms with van der Waals surface area (Å²) in [6, 6.07) is 8.63. The maximum Gasteiger partial charge on any atom is 0.319 e. The van der Waals surface area contributed by atoms with Crippen LogP contribution in [0.15, 0.2) is 35.7 Å². The molecule has 2 amide bonds. The fourth-order valence-electron chi connectivity index (χ4n) is 2.10. The number of anilines is 1. The molecule has 0 fully saturated rings. The average molecular weight is 336 g/mol. The van der Waals surface area contributed by atoms with Crippen LogP contribution < -0.4 is 20.1 Å². The monoisotopic (exact) mass is 336 g/mol. The van der Waals surface area contributed by atoms with Crippen molar-refractivity contribution in [1.82, 2.24) is 5.32 Å². The van der Waals surface area contributed by atoms with Crippen LogP contribution in [0, 0.1) is 0 Å². The number of urea groups is 1. The van der Waals surface area contributed by atoms with E-state index in [0.717, 1.165) is 4.88 Å². The minimum atomic E-state index is -0.568. The minimum Gasteiger partial charge on any atom is -0.493 e. The van der Waals surface area contributed by atoms with Gasteiger partial charge in [-0.3, -0.25) is 0 Å². The van der Waals surface area contributed by atoms with Gasteiger partial charge in [-0.1, -0.05) is 12.1 Å². The number of carbonyl (C=O) groups is 1. The summed E-state index contributed by atoms with van der Waals surface area (Å²) in [5.41, 5.74) is 0.517. The van der Waals surface area contributed by atoms with Gasteiger partial charge in [0.2, 0.25) is 0 Å². The van der Waals surface area contributed by atoms with E-state index in [1.165, 1.54) is 25.6 Å². The highest BCUT2D eigenvalue weighted by Gasteiger charge is 2.13. The molecule has 0 saturated carbocycles. The average Bonchev–Trinajstić information content (AvgIpc) is 3.09. The van der Waals surface area contributed by atoms with Crippen molar-refractivity contribution in [3.63, 3.8) is 0 Å². The van der Waals surface area contributed by atoms with Gasteiger partial charge in [-0.05, 0) is 30.0 Å². The van der Waals surface area contributed by atoms with E-state index < -0.39 is 6.10 Å². The second kappa shape index (κ2) is 8.40. The van der Waals surface area contributed by atoms with Crippen LogP contribution in [0.3, 0.4) is 0 Å². The number of para-hydroxylation sites is 1. The van der Waals surface area contributed by atoms with Crippen molar-refractivity contribution in [3.05, 3.63) is 40.6 Å². The summed E-state index contributed by atoms with van der Waals surface area (Å²) in [6.45, 7) is 0.358. The Morgan fingerprint density at radius 3 is 2.74 bits per heavy atom. The number of carbonyl (C=O) groups excluding carboxylic acids is 1. The SMILES string of the molecule is COc1cccc(NC(=O)NCC[C@H](O)c2cccs2)c1OC. The number of aliphatic hydroxyl groups excluding tert-OH is 1. The smallest absolute Gasteiger partial charge is 0.319 e. The van der Waals surface area contributed by atoms with Crippen LogP contribution in [0.4, 0.5) is 10.5 Å². The highest BCUT2D eigenvalue weighted by molar-refractivity contribution is 7.10. The lowest BCUT2D eigenvalue weighted by Gasteiger charge is -2.14. The molecule has 0 radical (unpaired) electrons. The molecule has 124 valence electrons. The summed E-state index contributed by atoms with van der Waals surface area (Å²) in [5, 5.41) is 17.3. The highest BCUT2D eigenvalue weighted by Crippen LogP contribution is 2.34. The van der Waals surface area contributed by atoms with Crippen LogP contribution in [0.5, 0.6) is 11.5 Å². The molecule has 0 aliphatic carbocycles. The van der Waals surface area contributed by atoms with Gasteiger partial charge < -0.3 is 25.2 Å². The number of hydrogen-bond acceptors (Lipinski definition) is 5. The maximum atomic E-state index is 12.0. The quantitative estimate of drug-likeness (QED) is 0.726. The van der Waals surface area contributed by atoms with Crippen molar-refractivity contribution in [2.24, 2.45) is 0 Å². The van der Waals surface area contributed by atoms with Gasteiger partial charge in [-0.2, -0.15) is 0 Å². The molecule has 0 bridgehead atoms. The zero-order valence-electron chi connectivity index (χ0n) is 13.0. The predicted molar refractivity (Wildman–Crippen MR) is 90.5 cm³/mol. The number of methoxy groups -OCH3 is 2. The normalized spacial score (nSPS) is 11.6. The van der Waals surface area contributed by atoms with E-state index in [1.54, 1.807) is 18.2 Å². The third-order valence-corrected chi connectivity index (χ3v) is 4.20. The molecule has 1 aromatic carbocycles. The fourth-order valence-corrected chi connectivity index (χ4v) is 2.84. The topological polar surface area (TPSA) is 79.8 Å². The first-order valence-electron chi connectivity index (χ1n) is 7.13. The van der Waals surface area contributed by atoms with E-state index in [1.807, 2.05) is 17.5 Å². The number of nitrogens with one attached hydrogen (secondary N) is 2. The second-order valence-electron chi connectivity index (χ2n) is 4.74. The molecule has 0 aliphatic rings. The largest absolute Gasteiger partial charge is 0.493 e. The molecule has 6 nitrogen and oxygen atoms in total. The van der Waals surface area contributed by atoms with Crippen molar-refractivity contribution in [1.29, 1.82) is 0 Å². The first kappa shape index (κ1) is 17.1. The zero-order chi connectivity index (χ0) is 16.7. The van der Waals surface area contributed by atoms with Gasteiger partial charge in [-0.25, -0.2) is 4.79 Å². The fraction of sp³-hybridized carbons (Fsp3) is 0.312. The number of ether oxygens (including phenoxy) is 2. The molecule has 3 N–H and O–H groups in total. The van der Waals surface area contributed by atoms with Crippen molar-refractivity contribution in [3.8, 4) is 11.5 Å². The van der Waals surface area contributed by atoms with Crippen LogP contribution in [0.2, 0.25) is 0 Å². The lowest BCUT2D eigenvalue weighted by atomic mass is 10.2. The maximum absolute atomic E-state index is 12.0. The number of rotatable bonds is 7. The number of amides is 2. The van der Waals surface area contributed by atoms with E-state index in [4.69, 9.17) is 9.47 Å². The zero-order valence-corrected chi connectivity index (χ0v) is 13.9. The van der Waals surface area contributed by atoms with Crippen molar-refractivity contribution < 1.29 is 19.4 Å². The molecule has 2 aromatic rings. The Kier molecular flexibility index (Phi) is 6.25. The van der Waals surface area contributed by atoms with E-state index >= 15 is 0 Å². The van der Waals surface area contributed by atoms with Gasteiger partial charge >= 0.3 is 6.03 Å². The Balaban J connectivity index is 1.85. The van der Waals surface area contributed by atoms with Crippen LogP contribution >= 0.6 is 11.3 Å². The lowest BCUT2D eigenvalue weighted by Crippen LogP contribution is -2.30. The number of benzene rings is 1. The lowest BCUT2D eigenvalue weighted by molar-refractivity contribution is 0.171. The molecule has 1 atom stereocenters. The Labute approximate surface area is 139 Å². The molecule has 2 rings (SSSR count). The number of hydrogen-bond donors (Lipinski definition) is 3. The van der Waals surface area contributed by atoms with E-state index in [2.05, 4.69) is 10.6 Å². The first-order valence-corrected chi connectivity index (χ1v) is 8.01. The number of aliphatic hydroxyl groups is 1. The molecular formula is C16H20N2O4S. The molecule has 7 heteroatoms. The molecule has 1 heterocycles. The minimum absolute atomic E-state index is 0.358. The van der Waals surface area contributed by atoms with Crippen LogP contribution in [0.25, 0.3) is 0 Å². The van der Waals surface area contributed by atoms with Gasteiger partial charge in [0.25, 0.3) is 0 Å². The molecule has 0 saturated heterocycles. The van der Waals surface area contributed by atoms with Crippen LogP contribution in [0.1, 0.15) is 17.4 Å². The van der Waals surface area contributed by atoms with Gasteiger partial charge in [0, 0.05) is 11.4 Å². The summed E-state index contributed by atoms with van der Waals surface area (Å²) in [4.78, 5) is 12.8. The Morgan fingerprint density at radius 1 is 1.26 bits per heavy atom. The van der Waals surface area contributed by atoms with E-state index in [0.29, 0.717) is 30.2 Å². The summed E-state index contributed by atoms with van der Waals surface area (Å²) in [7, 11) is 3.05. The van der Waals surface area contributed by atoms with Gasteiger partial charge in [0.15, 0.2) is 11.5 Å². The Morgan fingerprint density at radius 2 is 2.09 bits per heavy atom. The number of thiophene rings is 1. The van der Waals surface area contributed by atoms with Gasteiger partial charge in [0.1, 0.15) is 0 Å². The van der Waals surface area contributed by atoms with Gasteiger partial charge in [-0.15, -0.1) is 11.3 Å². The molecular weight excluding hydrogens is 316 g/mol. The van der Waals surface area contributed by atoms with Crippen LogP contribution in [-0.4, -0.2) is 31.9 Å². The second-order valence-corrected chi connectivity index (χ2v) is 5.72.